The summed E-state index contributed by atoms with van der Waals surface area (Å²) in [6.45, 7) is 0.886. The molecule has 0 aliphatic carbocycles. The lowest BCUT2D eigenvalue weighted by Gasteiger charge is -2.14. The first-order chi connectivity index (χ1) is 15.7. The first kappa shape index (κ1) is 23.8. The maximum absolute atomic E-state index is 12.5. The summed E-state index contributed by atoms with van der Waals surface area (Å²) in [7, 11) is 0. The van der Waals surface area contributed by atoms with Crippen molar-refractivity contribution < 1.29 is 27.9 Å². The van der Waals surface area contributed by atoms with Crippen molar-refractivity contribution in [2.24, 2.45) is 0 Å². The van der Waals surface area contributed by atoms with Crippen LogP contribution in [0.1, 0.15) is 24.8 Å². The summed E-state index contributed by atoms with van der Waals surface area (Å²) in [5, 5.41) is 16.4. The molecule has 1 aromatic heterocycles. The number of amides is 2. The highest BCUT2D eigenvalue weighted by atomic mass is 19.4. The molecule has 1 aromatic carbocycles. The minimum Gasteiger partial charge on any atom is -0.481 e. The molecule has 1 aliphatic heterocycles. The van der Waals surface area contributed by atoms with E-state index in [1.54, 1.807) is 12.3 Å². The van der Waals surface area contributed by atoms with Crippen molar-refractivity contribution in [2.45, 2.75) is 25.4 Å². The van der Waals surface area contributed by atoms with E-state index in [0.29, 0.717) is 37.3 Å². The Balaban J connectivity index is 1.47. The van der Waals surface area contributed by atoms with Gasteiger partial charge in [-0.2, -0.15) is 13.2 Å². The molecular formula is C23H23F3N4O3. The van der Waals surface area contributed by atoms with Crippen LogP contribution in [0.3, 0.4) is 0 Å². The zero-order valence-corrected chi connectivity index (χ0v) is 17.6. The van der Waals surface area contributed by atoms with Gasteiger partial charge in [0, 0.05) is 31.7 Å². The molecule has 0 unspecified atom stereocenters. The summed E-state index contributed by atoms with van der Waals surface area (Å²) in [5.74, 6) is -0.606. The number of carboxylic acids is 1. The van der Waals surface area contributed by atoms with E-state index >= 15 is 0 Å². The van der Waals surface area contributed by atoms with E-state index in [1.165, 1.54) is 17.2 Å². The van der Waals surface area contributed by atoms with Gasteiger partial charge < -0.3 is 15.7 Å². The van der Waals surface area contributed by atoms with Crippen molar-refractivity contribution in [3.63, 3.8) is 0 Å². The SMILES string of the molecule is O=C(O)CC1=c2ccccc2=CN(C(=O)NCCCCNc2ccc(C(F)(F)F)cn2)C=C1. The highest BCUT2D eigenvalue weighted by molar-refractivity contribution is 5.84. The fraction of sp³-hybridized carbons (Fsp3) is 0.261. The summed E-state index contributed by atoms with van der Waals surface area (Å²) in [6.07, 6.45) is 2.33. The topological polar surface area (TPSA) is 94.6 Å². The molecule has 0 bridgehead atoms. The lowest BCUT2D eigenvalue weighted by molar-refractivity contribution is -0.138. The van der Waals surface area contributed by atoms with E-state index in [0.717, 1.165) is 22.7 Å². The van der Waals surface area contributed by atoms with Gasteiger partial charge in [0.2, 0.25) is 0 Å². The molecular weight excluding hydrogens is 437 g/mol. The Morgan fingerprint density at radius 3 is 2.52 bits per heavy atom. The number of rotatable bonds is 8. The number of nitrogens with one attached hydrogen (secondary N) is 2. The molecule has 0 radical (unpaired) electrons. The van der Waals surface area contributed by atoms with Gasteiger partial charge in [0.1, 0.15) is 5.82 Å². The number of carboxylic acid groups (broad SMARTS) is 1. The number of unbranched alkanes of at least 4 members (excludes halogenated alkanes) is 1. The van der Waals surface area contributed by atoms with Crippen LogP contribution in [-0.2, 0) is 11.0 Å². The van der Waals surface area contributed by atoms with Gasteiger partial charge in [-0.15, -0.1) is 0 Å². The smallest absolute Gasteiger partial charge is 0.417 e. The molecule has 2 amide bonds. The van der Waals surface area contributed by atoms with Gasteiger partial charge >= 0.3 is 18.2 Å². The van der Waals surface area contributed by atoms with E-state index in [-0.39, 0.29) is 12.5 Å². The Morgan fingerprint density at radius 1 is 1.06 bits per heavy atom. The van der Waals surface area contributed by atoms with Crippen molar-refractivity contribution in [3.05, 3.63) is 70.9 Å². The van der Waals surface area contributed by atoms with Gasteiger partial charge in [-0.25, -0.2) is 9.78 Å². The Kier molecular flexibility index (Phi) is 7.70. The maximum atomic E-state index is 12.5. The Hall–Kier alpha value is -3.82. The van der Waals surface area contributed by atoms with Crippen LogP contribution in [0.4, 0.5) is 23.8 Å². The lowest BCUT2D eigenvalue weighted by Crippen LogP contribution is -2.36. The molecule has 33 heavy (non-hydrogen) atoms. The second-order valence-electron chi connectivity index (χ2n) is 7.33. The number of aliphatic carboxylic acids is 1. The van der Waals surface area contributed by atoms with Gasteiger partial charge in [0.15, 0.2) is 0 Å². The molecule has 7 nitrogen and oxygen atoms in total. The molecule has 3 rings (SSSR count). The molecule has 0 spiro atoms. The summed E-state index contributed by atoms with van der Waals surface area (Å²) >= 11 is 0. The average molecular weight is 460 g/mol. The van der Waals surface area contributed by atoms with Gasteiger partial charge in [-0.3, -0.25) is 9.69 Å². The van der Waals surface area contributed by atoms with E-state index in [1.807, 2.05) is 24.3 Å². The lowest BCUT2D eigenvalue weighted by atomic mass is 10.1. The van der Waals surface area contributed by atoms with Crippen molar-refractivity contribution in [3.8, 4) is 0 Å². The van der Waals surface area contributed by atoms with Crippen LogP contribution in [0.5, 0.6) is 0 Å². The number of allylic oxidation sites excluding steroid dienone is 1. The van der Waals surface area contributed by atoms with E-state index in [2.05, 4.69) is 15.6 Å². The van der Waals surface area contributed by atoms with Crippen LogP contribution < -0.4 is 21.1 Å². The summed E-state index contributed by atoms with van der Waals surface area (Å²) in [5.41, 5.74) is -0.196. The zero-order valence-electron chi connectivity index (χ0n) is 17.6. The van der Waals surface area contributed by atoms with Crippen LogP contribution in [0.15, 0.2) is 54.9 Å². The Morgan fingerprint density at radius 2 is 1.82 bits per heavy atom. The van der Waals surface area contributed by atoms with Crippen LogP contribution in [0.25, 0.3) is 11.8 Å². The first-order valence-corrected chi connectivity index (χ1v) is 10.3. The van der Waals surface area contributed by atoms with Crippen molar-refractivity contribution in [2.75, 3.05) is 18.4 Å². The van der Waals surface area contributed by atoms with Crippen LogP contribution in [-0.4, -0.2) is 40.1 Å². The maximum Gasteiger partial charge on any atom is 0.417 e. The fourth-order valence-corrected chi connectivity index (χ4v) is 3.22. The number of alkyl halides is 3. The Bertz CT molecular complexity index is 1140. The number of pyridine rings is 1. The minimum absolute atomic E-state index is 0.155. The monoisotopic (exact) mass is 460 g/mol. The molecule has 3 N–H and O–H groups in total. The first-order valence-electron chi connectivity index (χ1n) is 10.3. The van der Waals surface area contributed by atoms with Crippen molar-refractivity contribution >= 4 is 29.6 Å². The molecule has 0 fully saturated rings. The molecule has 0 saturated heterocycles. The van der Waals surface area contributed by atoms with Crippen LogP contribution in [0.2, 0.25) is 0 Å². The number of carbonyl (C=O) groups excluding carboxylic acids is 1. The second kappa shape index (κ2) is 10.7. The third-order valence-corrected chi connectivity index (χ3v) is 4.87. The van der Waals surface area contributed by atoms with Gasteiger partial charge in [-0.05, 0) is 47.1 Å². The predicted molar refractivity (Wildman–Crippen MR) is 117 cm³/mol. The number of urea groups is 1. The number of fused-ring (bicyclic) bond motifs is 1. The standard InChI is InChI=1S/C23H23F3N4O3/c24-23(25,26)18-7-8-20(29-14-18)27-10-3-4-11-28-22(33)30-12-9-16(13-21(31)32)19-6-2-1-5-17(19)15-30/h1-2,5-9,12,14-15H,3-4,10-11,13H2,(H,27,29)(H,28,33)(H,31,32). The number of anilines is 1. The summed E-state index contributed by atoms with van der Waals surface area (Å²) in [6, 6.07) is 9.15. The highest BCUT2D eigenvalue weighted by Crippen LogP contribution is 2.28. The van der Waals surface area contributed by atoms with Crippen molar-refractivity contribution in [1.82, 2.24) is 15.2 Å². The molecule has 10 heteroatoms. The van der Waals surface area contributed by atoms with Gasteiger partial charge in [-0.1, -0.05) is 24.3 Å². The average Bonchev–Trinajstić information content (AvgIpc) is 2.95. The van der Waals surface area contributed by atoms with Crippen LogP contribution in [0, 0.1) is 0 Å². The summed E-state index contributed by atoms with van der Waals surface area (Å²) in [4.78, 5) is 28.8. The van der Waals surface area contributed by atoms with Gasteiger partial charge in [0.25, 0.3) is 0 Å². The van der Waals surface area contributed by atoms with Gasteiger partial charge in [0.05, 0.1) is 12.0 Å². The third-order valence-electron chi connectivity index (χ3n) is 4.87. The molecule has 2 aromatic rings. The predicted octanol–water partition coefficient (Wildman–Crippen LogP) is 2.90. The molecule has 0 atom stereocenters. The minimum atomic E-state index is -4.42. The zero-order chi connectivity index (χ0) is 23.8. The number of hydrogen-bond acceptors (Lipinski definition) is 4. The number of benzene rings is 1. The van der Waals surface area contributed by atoms with E-state index in [4.69, 9.17) is 5.11 Å². The van der Waals surface area contributed by atoms with E-state index in [9.17, 15) is 22.8 Å². The number of nitrogens with zero attached hydrogens (tertiary/aromatic N) is 2. The molecule has 2 heterocycles. The number of aromatic nitrogens is 1. The Labute approximate surface area is 187 Å². The van der Waals surface area contributed by atoms with Crippen molar-refractivity contribution in [1.29, 1.82) is 0 Å². The largest absolute Gasteiger partial charge is 0.481 e. The fourth-order valence-electron chi connectivity index (χ4n) is 3.22. The van der Waals surface area contributed by atoms with Crippen LogP contribution >= 0.6 is 0 Å². The quantitative estimate of drug-likeness (QED) is 0.527. The molecule has 174 valence electrons. The number of halogens is 3. The third kappa shape index (κ3) is 6.83. The summed E-state index contributed by atoms with van der Waals surface area (Å²) < 4.78 is 37.6. The second-order valence-corrected chi connectivity index (χ2v) is 7.33. The van der Waals surface area contributed by atoms with E-state index < -0.39 is 17.7 Å². The highest BCUT2D eigenvalue weighted by Gasteiger charge is 2.30. The molecule has 0 saturated carbocycles. The normalized spacial score (nSPS) is 13.1. The number of hydrogen-bond donors (Lipinski definition) is 3. The molecule has 1 aliphatic rings. The number of carbonyl (C=O) groups is 2.